The number of fused-ring (bicyclic) bond motifs is 1. The minimum atomic E-state index is 0.0221. The molecule has 0 aromatic heterocycles. The summed E-state index contributed by atoms with van der Waals surface area (Å²) in [4.78, 5) is 27.3. The number of nitrogens with one attached hydrogen (secondary N) is 1. The van der Waals surface area contributed by atoms with E-state index in [1.54, 1.807) is 6.92 Å². The molecule has 0 radical (unpaired) electrons. The van der Waals surface area contributed by atoms with E-state index in [1.165, 1.54) is 0 Å². The molecular formula is C18H25N3O4. The van der Waals surface area contributed by atoms with Crippen molar-refractivity contribution in [2.24, 2.45) is 0 Å². The monoisotopic (exact) mass is 347 g/mol. The van der Waals surface area contributed by atoms with Crippen molar-refractivity contribution in [3.63, 3.8) is 0 Å². The molecule has 7 heteroatoms. The van der Waals surface area contributed by atoms with E-state index in [4.69, 9.17) is 9.47 Å². The van der Waals surface area contributed by atoms with E-state index >= 15 is 0 Å². The number of hydrogen-bond acceptors (Lipinski definition) is 5. The fraction of sp³-hybridized carbons (Fsp3) is 0.556. The number of benzene rings is 1. The minimum absolute atomic E-state index is 0.0221. The first-order chi connectivity index (χ1) is 12.1. The lowest BCUT2D eigenvalue weighted by Crippen LogP contribution is -2.50. The maximum Gasteiger partial charge on any atom is 0.234 e. The van der Waals surface area contributed by atoms with Gasteiger partial charge in [-0.3, -0.25) is 14.5 Å². The van der Waals surface area contributed by atoms with E-state index in [9.17, 15) is 9.59 Å². The highest BCUT2D eigenvalue weighted by atomic mass is 16.6. The molecule has 7 nitrogen and oxygen atoms in total. The SMILES string of the molecule is CC(=O)N1CCN(CC(=O)NCCc2ccc3c(c2)OCCO3)CC1. The Morgan fingerprint density at radius 2 is 1.80 bits per heavy atom. The van der Waals surface area contributed by atoms with Gasteiger partial charge in [0.15, 0.2) is 11.5 Å². The zero-order valence-electron chi connectivity index (χ0n) is 14.6. The molecule has 3 rings (SSSR count). The number of amides is 2. The molecule has 0 unspecified atom stereocenters. The number of ether oxygens (including phenoxy) is 2. The average Bonchev–Trinajstić information content (AvgIpc) is 2.62. The lowest BCUT2D eigenvalue weighted by atomic mass is 10.1. The van der Waals surface area contributed by atoms with Crippen molar-refractivity contribution in [1.29, 1.82) is 0 Å². The van der Waals surface area contributed by atoms with Crippen LogP contribution in [0.25, 0.3) is 0 Å². The van der Waals surface area contributed by atoms with Gasteiger partial charge in [-0.1, -0.05) is 6.07 Å². The molecule has 1 N–H and O–H groups in total. The zero-order chi connectivity index (χ0) is 17.6. The Labute approximate surface area is 147 Å². The first kappa shape index (κ1) is 17.5. The molecular weight excluding hydrogens is 322 g/mol. The van der Waals surface area contributed by atoms with Crippen LogP contribution in [0.3, 0.4) is 0 Å². The Kier molecular flexibility index (Phi) is 5.75. The molecule has 1 fully saturated rings. The predicted molar refractivity (Wildman–Crippen MR) is 92.8 cm³/mol. The van der Waals surface area contributed by atoms with Gasteiger partial charge in [0.1, 0.15) is 13.2 Å². The fourth-order valence-corrected chi connectivity index (χ4v) is 3.07. The van der Waals surface area contributed by atoms with Crippen LogP contribution >= 0.6 is 0 Å². The van der Waals surface area contributed by atoms with E-state index in [2.05, 4.69) is 10.2 Å². The molecule has 2 aliphatic heterocycles. The van der Waals surface area contributed by atoms with E-state index in [-0.39, 0.29) is 11.8 Å². The summed E-state index contributed by atoms with van der Waals surface area (Å²) in [5.41, 5.74) is 1.11. The summed E-state index contributed by atoms with van der Waals surface area (Å²) in [6, 6.07) is 5.89. The molecule has 0 saturated carbocycles. The second kappa shape index (κ2) is 8.20. The summed E-state index contributed by atoms with van der Waals surface area (Å²) >= 11 is 0. The van der Waals surface area contributed by atoms with E-state index in [1.807, 2.05) is 23.1 Å². The molecule has 2 amide bonds. The van der Waals surface area contributed by atoms with E-state index in [0.29, 0.717) is 39.4 Å². The highest BCUT2D eigenvalue weighted by Gasteiger charge is 2.20. The number of rotatable bonds is 5. The molecule has 0 spiro atoms. The first-order valence-corrected chi connectivity index (χ1v) is 8.75. The van der Waals surface area contributed by atoms with Crippen molar-refractivity contribution in [3.8, 4) is 11.5 Å². The Morgan fingerprint density at radius 1 is 1.08 bits per heavy atom. The van der Waals surface area contributed by atoms with Gasteiger partial charge in [0, 0.05) is 39.6 Å². The minimum Gasteiger partial charge on any atom is -0.486 e. The highest BCUT2D eigenvalue weighted by Crippen LogP contribution is 2.30. The van der Waals surface area contributed by atoms with Crippen LogP contribution in [0.1, 0.15) is 12.5 Å². The van der Waals surface area contributed by atoms with Gasteiger partial charge in [-0.2, -0.15) is 0 Å². The molecule has 1 aromatic carbocycles. The lowest BCUT2D eigenvalue weighted by Gasteiger charge is -2.33. The quantitative estimate of drug-likeness (QED) is 0.829. The lowest BCUT2D eigenvalue weighted by molar-refractivity contribution is -0.131. The third-order valence-corrected chi connectivity index (χ3v) is 4.53. The van der Waals surface area contributed by atoms with E-state index in [0.717, 1.165) is 36.6 Å². The van der Waals surface area contributed by atoms with Crippen LogP contribution < -0.4 is 14.8 Å². The normalized spacial score (nSPS) is 17.2. The second-order valence-electron chi connectivity index (χ2n) is 6.36. The fourth-order valence-electron chi connectivity index (χ4n) is 3.07. The summed E-state index contributed by atoms with van der Waals surface area (Å²) in [5, 5.41) is 2.96. The van der Waals surface area contributed by atoms with Gasteiger partial charge in [0.05, 0.1) is 6.54 Å². The summed E-state index contributed by atoms with van der Waals surface area (Å²) in [6.45, 7) is 6.59. The van der Waals surface area contributed by atoms with Crippen molar-refractivity contribution in [3.05, 3.63) is 23.8 Å². The standard InChI is InChI=1S/C18H25N3O4/c1-14(22)21-8-6-20(7-9-21)13-18(23)19-5-4-15-2-3-16-17(12-15)25-11-10-24-16/h2-3,12H,4-11,13H2,1H3,(H,19,23). The van der Waals surface area contributed by atoms with Crippen molar-refractivity contribution < 1.29 is 19.1 Å². The Balaban J connectivity index is 1.37. The molecule has 1 saturated heterocycles. The molecule has 2 aliphatic rings. The first-order valence-electron chi connectivity index (χ1n) is 8.75. The number of carbonyl (C=O) groups excluding carboxylic acids is 2. The van der Waals surface area contributed by atoms with E-state index < -0.39 is 0 Å². The van der Waals surface area contributed by atoms with Crippen molar-refractivity contribution in [1.82, 2.24) is 15.1 Å². The average molecular weight is 347 g/mol. The van der Waals surface area contributed by atoms with Crippen LogP contribution in [0.4, 0.5) is 0 Å². The maximum atomic E-state index is 12.1. The van der Waals surface area contributed by atoms with Gasteiger partial charge >= 0.3 is 0 Å². The van der Waals surface area contributed by atoms with Crippen molar-refractivity contribution in [2.45, 2.75) is 13.3 Å². The van der Waals surface area contributed by atoms with Gasteiger partial charge in [0.2, 0.25) is 11.8 Å². The van der Waals surface area contributed by atoms with Gasteiger partial charge in [-0.15, -0.1) is 0 Å². The van der Waals surface area contributed by atoms with Crippen LogP contribution in [0, 0.1) is 0 Å². The van der Waals surface area contributed by atoms with Gasteiger partial charge in [0.25, 0.3) is 0 Å². The van der Waals surface area contributed by atoms with Gasteiger partial charge in [-0.25, -0.2) is 0 Å². The third kappa shape index (κ3) is 4.85. The molecule has 0 atom stereocenters. The summed E-state index contributed by atoms with van der Waals surface area (Å²) in [5.74, 6) is 1.68. The predicted octanol–water partition coefficient (Wildman–Crippen LogP) is 0.281. The van der Waals surface area contributed by atoms with Crippen LogP contribution in [0.5, 0.6) is 11.5 Å². The number of carbonyl (C=O) groups is 2. The van der Waals surface area contributed by atoms with Gasteiger partial charge in [-0.05, 0) is 24.1 Å². The van der Waals surface area contributed by atoms with Crippen molar-refractivity contribution >= 4 is 11.8 Å². The molecule has 25 heavy (non-hydrogen) atoms. The summed E-state index contributed by atoms with van der Waals surface area (Å²) in [6.07, 6.45) is 0.750. The zero-order valence-corrected chi connectivity index (χ0v) is 14.6. The number of piperazine rings is 1. The summed E-state index contributed by atoms with van der Waals surface area (Å²) in [7, 11) is 0. The second-order valence-corrected chi connectivity index (χ2v) is 6.36. The largest absolute Gasteiger partial charge is 0.486 e. The number of nitrogens with zero attached hydrogens (tertiary/aromatic N) is 2. The van der Waals surface area contributed by atoms with Crippen LogP contribution in [0.2, 0.25) is 0 Å². The molecule has 0 bridgehead atoms. The van der Waals surface area contributed by atoms with Gasteiger partial charge < -0.3 is 19.7 Å². The van der Waals surface area contributed by atoms with Crippen LogP contribution in [-0.2, 0) is 16.0 Å². The molecule has 136 valence electrons. The number of hydrogen-bond donors (Lipinski definition) is 1. The molecule has 2 heterocycles. The molecule has 0 aliphatic carbocycles. The molecule has 1 aromatic rings. The Morgan fingerprint density at radius 3 is 2.52 bits per heavy atom. The highest BCUT2D eigenvalue weighted by molar-refractivity contribution is 5.78. The third-order valence-electron chi connectivity index (χ3n) is 4.53. The van der Waals surface area contributed by atoms with Crippen molar-refractivity contribution in [2.75, 3.05) is 52.5 Å². The van der Waals surface area contributed by atoms with Crippen LogP contribution in [0.15, 0.2) is 18.2 Å². The Bertz CT molecular complexity index is 627. The Hall–Kier alpha value is -2.28. The topological polar surface area (TPSA) is 71.1 Å². The van der Waals surface area contributed by atoms with Crippen LogP contribution in [-0.4, -0.2) is 74.1 Å². The smallest absolute Gasteiger partial charge is 0.234 e. The summed E-state index contributed by atoms with van der Waals surface area (Å²) < 4.78 is 11.1. The maximum absolute atomic E-state index is 12.1.